The summed E-state index contributed by atoms with van der Waals surface area (Å²) in [5, 5.41) is 1.50. The van der Waals surface area contributed by atoms with Gasteiger partial charge in [-0.25, -0.2) is 0 Å². The van der Waals surface area contributed by atoms with E-state index in [1.165, 1.54) is 70.4 Å². The lowest BCUT2D eigenvalue weighted by Crippen LogP contribution is -2.30. The fourth-order valence-electron chi connectivity index (χ4n) is 12.1. The van der Waals surface area contributed by atoms with Crippen molar-refractivity contribution in [2.45, 2.75) is 162 Å². The summed E-state index contributed by atoms with van der Waals surface area (Å²) in [5.74, 6) is 38.1. The first-order valence-electron chi connectivity index (χ1n) is 28.3. The minimum Gasteiger partial charge on any atom is -0.299 e. The number of hydrogen-bond acceptors (Lipinski definition) is 9. The number of thioether (sulfide) groups is 3. The number of Topliss-reactive ketones (excluding diaryl/α,β-unsaturated/α-hetero) is 3. The van der Waals surface area contributed by atoms with Gasteiger partial charge in [-0.05, 0) is 208 Å². The second-order valence-electron chi connectivity index (χ2n) is 25.3. The van der Waals surface area contributed by atoms with Gasteiger partial charge in [-0.1, -0.05) is 97.3 Å². The Morgan fingerprint density at radius 2 is 1.23 bits per heavy atom. The van der Waals surface area contributed by atoms with Gasteiger partial charge in [0.2, 0.25) is 11.6 Å². The molecule has 1 aromatic rings. The lowest BCUT2D eigenvalue weighted by molar-refractivity contribution is -0.120. The third-order valence-corrected chi connectivity index (χ3v) is 20.1. The maximum atomic E-state index is 11.9. The molecule has 11 rings (SSSR count). The SMILES string of the molecule is CC(=O)SCCC1C=C2C#CC(C)(C)CC(=O)C#CC=C2C1.CC1(C)C#CC2=C(C=C=CC(=O)C1)CC1CCSC21.CC1(C)C#CC2=CC(CCS)C/C2=C/C#CC(=O)C1.CC1(C)CC(=O)Cc2cc3c(cc21)C1SCCC1C3. The molecular weight excluding hydrogens is 1050 g/mol. The van der Waals surface area contributed by atoms with Crippen LogP contribution >= 0.6 is 47.9 Å². The van der Waals surface area contributed by atoms with Crippen LogP contribution in [-0.2, 0) is 42.2 Å². The molecule has 9 heteroatoms. The smallest absolute Gasteiger partial charge is 0.207 e. The van der Waals surface area contributed by atoms with Gasteiger partial charge in [0.15, 0.2) is 10.9 Å². The van der Waals surface area contributed by atoms with E-state index in [4.69, 9.17) is 0 Å². The van der Waals surface area contributed by atoms with Crippen molar-refractivity contribution in [2.75, 3.05) is 23.0 Å². The molecule has 79 heavy (non-hydrogen) atoms. The summed E-state index contributed by atoms with van der Waals surface area (Å²) in [7, 11) is 0. The van der Waals surface area contributed by atoms with Crippen LogP contribution in [-0.4, -0.2) is 56.5 Å². The zero-order valence-electron chi connectivity index (χ0n) is 47.8. The first-order chi connectivity index (χ1) is 37.4. The molecule has 0 aromatic heterocycles. The summed E-state index contributed by atoms with van der Waals surface area (Å²) in [4.78, 5) is 58.2. The summed E-state index contributed by atoms with van der Waals surface area (Å²) in [6.45, 7) is 18.1. The van der Waals surface area contributed by atoms with Gasteiger partial charge >= 0.3 is 0 Å². The monoisotopic (exact) mass is 1120 g/mol. The molecule has 410 valence electrons. The zero-order chi connectivity index (χ0) is 56.7. The summed E-state index contributed by atoms with van der Waals surface area (Å²) >= 11 is 9.84. The van der Waals surface area contributed by atoms with Crippen LogP contribution in [0.5, 0.6) is 0 Å². The van der Waals surface area contributed by atoms with Crippen LogP contribution < -0.4 is 0 Å². The fraction of sp³-hybridized carbons (Fsp3) is 0.514. The van der Waals surface area contributed by atoms with E-state index >= 15 is 0 Å². The molecule has 0 bridgehead atoms. The molecule has 0 spiro atoms. The number of ketones is 4. The van der Waals surface area contributed by atoms with Crippen molar-refractivity contribution in [3.8, 4) is 59.2 Å². The molecule has 2 heterocycles. The van der Waals surface area contributed by atoms with Crippen LogP contribution in [0.1, 0.15) is 160 Å². The Hall–Kier alpha value is -5.01. The average Bonchev–Trinajstić information content (AvgIpc) is 4.28. The van der Waals surface area contributed by atoms with E-state index in [0.29, 0.717) is 55.0 Å². The highest BCUT2D eigenvalue weighted by atomic mass is 32.2. The predicted octanol–water partition coefficient (Wildman–Crippen LogP) is 14.1. The number of carbonyl (C=O) groups excluding carboxylic acids is 5. The largest absolute Gasteiger partial charge is 0.299 e. The van der Waals surface area contributed by atoms with E-state index in [2.05, 4.69) is 127 Å². The normalized spacial score (nSPS) is 27.8. The molecule has 6 atom stereocenters. The number of benzene rings is 1. The Morgan fingerprint density at radius 3 is 1.84 bits per heavy atom. The summed E-state index contributed by atoms with van der Waals surface area (Å²) in [6, 6.07) is 4.82. The van der Waals surface area contributed by atoms with Gasteiger partial charge < -0.3 is 0 Å². The van der Waals surface area contributed by atoms with Crippen LogP contribution in [0, 0.1) is 99.1 Å². The van der Waals surface area contributed by atoms with Gasteiger partial charge in [-0.3, -0.25) is 24.0 Å². The molecule has 2 saturated heterocycles. The third kappa shape index (κ3) is 16.4. The first-order valence-corrected chi connectivity index (χ1v) is 32.0. The Balaban J connectivity index is 0.000000139. The van der Waals surface area contributed by atoms with Crippen molar-refractivity contribution in [1.82, 2.24) is 0 Å². The van der Waals surface area contributed by atoms with Gasteiger partial charge in [0, 0.05) is 94.3 Å². The zero-order valence-corrected chi connectivity index (χ0v) is 51.2. The van der Waals surface area contributed by atoms with E-state index in [9.17, 15) is 24.0 Å². The van der Waals surface area contributed by atoms with Gasteiger partial charge in [-0.2, -0.15) is 36.2 Å². The summed E-state index contributed by atoms with van der Waals surface area (Å²) < 4.78 is 0. The highest BCUT2D eigenvalue weighted by molar-refractivity contribution is 8.13. The van der Waals surface area contributed by atoms with Crippen molar-refractivity contribution >= 4 is 76.2 Å². The van der Waals surface area contributed by atoms with Crippen molar-refractivity contribution in [1.29, 1.82) is 0 Å². The van der Waals surface area contributed by atoms with Crippen molar-refractivity contribution < 1.29 is 24.0 Å². The second-order valence-corrected chi connectivity index (χ2v) is 29.5. The topological polar surface area (TPSA) is 85.3 Å². The van der Waals surface area contributed by atoms with Gasteiger partial charge in [0.1, 0.15) is 5.78 Å². The molecule has 10 aliphatic rings. The first kappa shape index (κ1) is 60.1. The molecule has 2 fully saturated rings. The van der Waals surface area contributed by atoms with E-state index in [0.717, 1.165) is 83.0 Å². The predicted molar refractivity (Wildman–Crippen MR) is 332 cm³/mol. The third-order valence-electron chi connectivity index (χ3n) is 16.1. The van der Waals surface area contributed by atoms with Crippen LogP contribution in [0.4, 0.5) is 0 Å². The van der Waals surface area contributed by atoms with E-state index in [1.54, 1.807) is 18.6 Å². The van der Waals surface area contributed by atoms with Crippen LogP contribution in [0.15, 0.2) is 87.8 Å². The van der Waals surface area contributed by atoms with E-state index < -0.39 is 0 Å². The molecule has 0 amide bonds. The number of carbonyl (C=O) groups is 5. The van der Waals surface area contributed by atoms with E-state index in [1.807, 2.05) is 71.5 Å². The maximum Gasteiger partial charge on any atom is 0.207 e. The molecule has 5 nitrogen and oxygen atoms in total. The quantitative estimate of drug-likeness (QED) is 0.135. The van der Waals surface area contributed by atoms with Crippen molar-refractivity contribution in [3.63, 3.8) is 0 Å². The molecule has 6 unspecified atom stereocenters. The van der Waals surface area contributed by atoms with Gasteiger partial charge in [-0.15, -0.1) is 5.73 Å². The Labute approximate surface area is 490 Å². The summed E-state index contributed by atoms with van der Waals surface area (Å²) in [5.41, 5.74) is 15.1. The Kier molecular flexibility index (Phi) is 19.7. The second kappa shape index (κ2) is 25.8. The average molecular weight is 1130 g/mol. The number of rotatable bonds is 5. The number of fused-ring (bicyclic) bond motifs is 8. The minimum absolute atomic E-state index is 0.0288. The molecular formula is C70H76O5S4. The van der Waals surface area contributed by atoms with Crippen LogP contribution in [0.25, 0.3) is 0 Å². The fourth-order valence-corrected chi connectivity index (χ4v) is 16.4. The highest BCUT2D eigenvalue weighted by Crippen LogP contribution is 2.54. The Bertz CT molecular complexity index is 3260. The van der Waals surface area contributed by atoms with Crippen LogP contribution in [0.3, 0.4) is 0 Å². The molecule has 0 saturated carbocycles. The summed E-state index contributed by atoms with van der Waals surface area (Å²) in [6.07, 6.45) is 23.2. The molecule has 0 radical (unpaired) electrons. The lowest BCUT2D eigenvalue weighted by Gasteiger charge is -2.32. The van der Waals surface area contributed by atoms with Crippen molar-refractivity contribution in [3.05, 3.63) is 110 Å². The molecule has 2 aliphatic heterocycles. The molecule has 8 aliphatic carbocycles. The molecule has 0 N–H and O–H groups in total. The van der Waals surface area contributed by atoms with Crippen LogP contribution in [0.2, 0.25) is 0 Å². The van der Waals surface area contributed by atoms with E-state index in [-0.39, 0.29) is 44.1 Å². The standard InChI is InChI=1S/C19H20O2S.C17H20OS.2C17H18OS/c1-14(20)22-10-8-15-11-16-5-4-6-18(21)13-19(2,3)9-7-17(16)12-15;1-17(2)9-13(18)7-12-6-11-5-10-3-4-19-16(10)14(11)8-15(12)17;1-17(2)8-6-15-12(4-3-5-14(18)11-17)10-13-7-9-19-16(13)15;1-17(2)8-6-15-11-13(7-9-19)10-14(15)4-3-5-16(18)12-17/h5,12,15H,8,10-11,13H2,1-3H3;6,8,10,16H,3-5,7,9H2,1-2H3;4-5,13,16H,7,9-11H2,1-2H3;4,11,13,19H,7,9-10,12H2,1-2H3/b;;;14-4-. The van der Waals surface area contributed by atoms with Crippen molar-refractivity contribution in [2.24, 2.45) is 39.9 Å². The minimum atomic E-state index is -0.350. The van der Waals surface area contributed by atoms with Gasteiger partial charge in [0.05, 0.1) is 0 Å². The highest BCUT2D eigenvalue weighted by Gasteiger charge is 2.41. The molecule has 1 aromatic carbocycles. The Morgan fingerprint density at radius 1 is 0.658 bits per heavy atom. The van der Waals surface area contributed by atoms with Gasteiger partial charge in [0.25, 0.3) is 0 Å². The maximum absolute atomic E-state index is 11.9. The number of hydrogen-bond donors (Lipinski definition) is 1. The number of thiol groups is 1. The number of allylic oxidation sites excluding steroid dienone is 10. The lowest BCUT2D eigenvalue weighted by atomic mass is 9.71.